The van der Waals surface area contributed by atoms with E-state index in [1.807, 2.05) is 26.0 Å². The molecule has 1 unspecified atom stereocenters. The standard InChI is InChI=1S/C26H34N4O5S/c1-16-11-21(36-22(16)13-30-7-5-4-6-8-30)26-28-25(29-35-26)19-9-17(2)24(18(3)10-19)34-15-20(32)12-27-23(33)14-31/h9-11,20,31-32H,4-8,12-15H2,1-3H3,(H,27,33). The molecule has 1 aromatic carbocycles. The summed E-state index contributed by atoms with van der Waals surface area (Å²) < 4.78 is 11.4. The molecular formula is C26H34N4O5S. The van der Waals surface area contributed by atoms with Crippen LogP contribution in [0.1, 0.15) is 40.8 Å². The van der Waals surface area contributed by atoms with Crippen molar-refractivity contribution in [1.82, 2.24) is 20.4 Å². The van der Waals surface area contributed by atoms with Crippen molar-refractivity contribution in [3.8, 4) is 27.9 Å². The lowest BCUT2D eigenvalue weighted by atomic mass is 10.1. The van der Waals surface area contributed by atoms with Gasteiger partial charge in [0, 0.05) is 23.5 Å². The number of hydrogen-bond acceptors (Lipinski definition) is 9. The molecule has 0 bridgehead atoms. The van der Waals surface area contributed by atoms with Gasteiger partial charge in [0.15, 0.2) is 0 Å². The molecule has 9 nitrogen and oxygen atoms in total. The molecule has 1 amide bonds. The maximum absolute atomic E-state index is 11.1. The maximum atomic E-state index is 11.1. The highest BCUT2D eigenvalue weighted by Crippen LogP contribution is 2.34. The number of aliphatic hydroxyl groups excluding tert-OH is 2. The number of nitrogens with one attached hydrogen (secondary N) is 1. The van der Waals surface area contributed by atoms with E-state index in [0.717, 1.165) is 41.2 Å². The summed E-state index contributed by atoms with van der Waals surface area (Å²) in [7, 11) is 0. The summed E-state index contributed by atoms with van der Waals surface area (Å²) in [4.78, 5) is 20.6. The average Bonchev–Trinajstić information content (AvgIpc) is 3.50. The first-order valence-electron chi connectivity index (χ1n) is 12.3. The molecular weight excluding hydrogens is 480 g/mol. The first-order chi connectivity index (χ1) is 17.3. The Bertz CT molecular complexity index is 1160. The number of amides is 1. The zero-order chi connectivity index (χ0) is 25.7. The molecule has 1 aliphatic rings. The fourth-order valence-corrected chi connectivity index (χ4v) is 5.52. The number of likely N-dealkylation sites (tertiary alicyclic amines) is 1. The summed E-state index contributed by atoms with van der Waals surface area (Å²) in [6.45, 7) is 8.67. The van der Waals surface area contributed by atoms with E-state index in [2.05, 4.69) is 33.3 Å². The van der Waals surface area contributed by atoms with Gasteiger partial charge in [-0.3, -0.25) is 9.69 Å². The molecule has 3 N–H and O–H groups in total. The Labute approximate surface area is 215 Å². The molecule has 194 valence electrons. The molecule has 36 heavy (non-hydrogen) atoms. The molecule has 3 aromatic rings. The number of nitrogens with zero attached hydrogens (tertiary/aromatic N) is 3. The summed E-state index contributed by atoms with van der Waals surface area (Å²) in [5, 5.41) is 25.4. The minimum atomic E-state index is -0.896. The summed E-state index contributed by atoms with van der Waals surface area (Å²) in [5.41, 5.74) is 3.83. The Hall–Kier alpha value is -2.79. The predicted molar refractivity (Wildman–Crippen MR) is 138 cm³/mol. The molecule has 4 rings (SSSR count). The zero-order valence-corrected chi connectivity index (χ0v) is 21.9. The second kappa shape index (κ2) is 12.0. The first kappa shape index (κ1) is 26.3. The van der Waals surface area contributed by atoms with Gasteiger partial charge in [0.25, 0.3) is 5.89 Å². The normalized spacial score (nSPS) is 15.1. The Morgan fingerprint density at radius 3 is 2.58 bits per heavy atom. The number of benzene rings is 1. The second-order valence-electron chi connectivity index (χ2n) is 9.34. The topological polar surface area (TPSA) is 121 Å². The number of carbonyl (C=O) groups excluding carboxylic acids is 1. The first-order valence-corrected chi connectivity index (χ1v) is 13.1. The fraction of sp³-hybridized carbons (Fsp3) is 0.500. The smallest absolute Gasteiger partial charge is 0.268 e. The second-order valence-corrected chi connectivity index (χ2v) is 10.5. The van der Waals surface area contributed by atoms with Crippen molar-refractivity contribution in [2.24, 2.45) is 0 Å². The Kier molecular flexibility index (Phi) is 8.73. The Morgan fingerprint density at radius 1 is 1.17 bits per heavy atom. The van der Waals surface area contributed by atoms with E-state index < -0.39 is 18.6 Å². The number of aryl methyl sites for hydroxylation is 3. The number of carbonyl (C=O) groups is 1. The SMILES string of the molecule is Cc1cc(-c2nc(-c3cc(C)c(OCC(O)CNC(=O)CO)c(C)c3)no2)sc1CN1CCCCC1. The molecule has 0 spiro atoms. The van der Waals surface area contributed by atoms with Gasteiger partial charge < -0.3 is 24.8 Å². The van der Waals surface area contributed by atoms with Crippen LogP contribution in [0.2, 0.25) is 0 Å². The maximum Gasteiger partial charge on any atom is 0.268 e. The number of hydrogen-bond donors (Lipinski definition) is 3. The van der Waals surface area contributed by atoms with Gasteiger partial charge in [-0.05, 0) is 81.6 Å². The van der Waals surface area contributed by atoms with Crippen molar-refractivity contribution in [2.75, 3.05) is 32.8 Å². The van der Waals surface area contributed by atoms with Crippen molar-refractivity contribution < 1.29 is 24.3 Å². The van der Waals surface area contributed by atoms with Crippen LogP contribution in [0.4, 0.5) is 0 Å². The minimum absolute atomic E-state index is 0.00312. The van der Waals surface area contributed by atoms with Crippen LogP contribution >= 0.6 is 11.3 Å². The lowest BCUT2D eigenvalue weighted by molar-refractivity contribution is -0.124. The molecule has 1 atom stereocenters. The van der Waals surface area contributed by atoms with E-state index in [9.17, 15) is 9.90 Å². The largest absolute Gasteiger partial charge is 0.490 e. The lowest BCUT2D eigenvalue weighted by Gasteiger charge is -2.26. The average molecular weight is 515 g/mol. The third kappa shape index (κ3) is 6.50. The van der Waals surface area contributed by atoms with Crippen LogP contribution in [-0.2, 0) is 11.3 Å². The molecule has 10 heteroatoms. The van der Waals surface area contributed by atoms with E-state index in [-0.39, 0.29) is 13.2 Å². The Morgan fingerprint density at radius 2 is 1.89 bits per heavy atom. The minimum Gasteiger partial charge on any atom is -0.490 e. The summed E-state index contributed by atoms with van der Waals surface area (Å²) in [6.07, 6.45) is 2.98. The highest BCUT2D eigenvalue weighted by Gasteiger charge is 2.19. The van der Waals surface area contributed by atoms with Gasteiger partial charge in [0.2, 0.25) is 11.7 Å². The molecule has 1 fully saturated rings. The van der Waals surface area contributed by atoms with Gasteiger partial charge in [-0.25, -0.2) is 0 Å². The van der Waals surface area contributed by atoms with E-state index in [1.165, 1.54) is 29.7 Å². The van der Waals surface area contributed by atoms with Crippen molar-refractivity contribution in [3.05, 3.63) is 39.8 Å². The number of thiophene rings is 1. The van der Waals surface area contributed by atoms with Gasteiger partial charge in [-0.15, -0.1) is 11.3 Å². The highest BCUT2D eigenvalue weighted by molar-refractivity contribution is 7.15. The van der Waals surface area contributed by atoms with Gasteiger partial charge in [-0.1, -0.05) is 11.6 Å². The number of piperidine rings is 1. The fourth-order valence-electron chi connectivity index (χ4n) is 4.38. The molecule has 0 saturated carbocycles. The van der Waals surface area contributed by atoms with Crippen LogP contribution in [0, 0.1) is 20.8 Å². The quantitative estimate of drug-likeness (QED) is 0.377. The van der Waals surface area contributed by atoms with E-state index in [4.69, 9.17) is 14.4 Å². The van der Waals surface area contributed by atoms with E-state index >= 15 is 0 Å². The molecule has 0 aliphatic carbocycles. The molecule has 0 radical (unpaired) electrons. The van der Waals surface area contributed by atoms with Crippen LogP contribution in [0.3, 0.4) is 0 Å². The lowest BCUT2D eigenvalue weighted by Crippen LogP contribution is -2.36. The molecule has 2 aromatic heterocycles. The van der Waals surface area contributed by atoms with Crippen LogP contribution in [0.25, 0.3) is 22.2 Å². The molecule has 1 saturated heterocycles. The van der Waals surface area contributed by atoms with Crippen molar-refractivity contribution in [1.29, 1.82) is 0 Å². The summed E-state index contributed by atoms with van der Waals surface area (Å²) in [5.74, 6) is 1.15. The number of ether oxygens (including phenoxy) is 1. The monoisotopic (exact) mass is 514 g/mol. The third-order valence-electron chi connectivity index (χ3n) is 6.29. The molecule has 3 heterocycles. The van der Waals surface area contributed by atoms with Gasteiger partial charge in [-0.2, -0.15) is 4.98 Å². The van der Waals surface area contributed by atoms with Crippen LogP contribution in [-0.4, -0.2) is 70.1 Å². The van der Waals surface area contributed by atoms with Crippen molar-refractivity contribution in [2.45, 2.75) is 52.7 Å². The third-order valence-corrected chi connectivity index (χ3v) is 7.50. The van der Waals surface area contributed by atoms with Gasteiger partial charge in [0.05, 0.1) is 4.88 Å². The van der Waals surface area contributed by atoms with Crippen LogP contribution in [0.5, 0.6) is 5.75 Å². The van der Waals surface area contributed by atoms with Crippen molar-refractivity contribution >= 4 is 17.2 Å². The predicted octanol–water partition coefficient (Wildman–Crippen LogP) is 3.22. The van der Waals surface area contributed by atoms with Crippen LogP contribution in [0.15, 0.2) is 22.7 Å². The number of aliphatic hydroxyl groups is 2. The van der Waals surface area contributed by atoms with Crippen molar-refractivity contribution in [3.63, 3.8) is 0 Å². The molecule has 1 aliphatic heterocycles. The van der Waals surface area contributed by atoms with Gasteiger partial charge in [0.1, 0.15) is 25.1 Å². The summed E-state index contributed by atoms with van der Waals surface area (Å²) >= 11 is 1.72. The number of aromatic nitrogens is 2. The van der Waals surface area contributed by atoms with Gasteiger partial charge >= 0.3 is 0 Å². The van der Waals surface area contributed by atoms with E-state index in [0.29, 0.717) is 17.5 Å². The van der Waals surface area contributed by atoms with Crippen LogP contribution < -0.4 is 10.1 Å². The highest BCUT2D eigenvalue weighted by atomic mass is 32.1. The Balaban J connectivity index is 1.42. The summed E-state index contributed by atoms with van der Waals surface area (Å²) in [6, 6.07) is 5.99. The number of rotatable bonds is 10. The van der Waals surface area contributed by atoms with E-state index in [1.54, 1.807) is 11.3 Å². The zero-order valence-electron chi connectivity index (χ0n) is 21.0.